The Bertz CT molecular complexity index is 430. The molecule has 4 nitrogen and oxygen atoms in total. The Morgan fingerprint density at radius 2 is 1.95 bits per heavy atom. The molecule has 0 saturated carbocycles. The summed E-state index contributed by atoms with van der Waals surface area (Å²) in [4.78, 5) is 11.0. The van der Waals surface area contributed by atoms with Gasteiger partial charge in [0.05, 0.1) is 14.2 Å². The summed E-state index contributed by atoms with van der Waals surface area (Å²) in [6, 6.07) is 4.07. The third-order valence-electron chi connectivity index (χ3n) is 3.35. The maximum Gasteiger partial charge on any atom is 0.305 e. The lowest BCUT2D eigenvalue weighted by Crippen LogP contribution is -2.17. The fourth-order valence-electron chi connectivity index (χ4n) is 1.95. The highest BCUT2D eigenvalue weighted by Crippen LogP contribution is 2.23. The Labute approximate surface area is 115 Å². The molecule has 1 aromatic carbocycles. The van der Waals surface area contributed by atoms with E-state index in [0.29, 0.717) is 6.42 Å². The molecule has 0 aliphatic heterocycles. The monoisotopic (exact) mass is 265 g/mol. The second-order valence-electron chi connectivity index (χ2n) is 4.53. The van der Waals surface area contributed by atoms with Crippen LogP contribution in [0, 0.1) is 13.8 Å². The lowest BCUT2D eigenvalue weighted by molar-refractivity contribution is -0.140. The Hall–Kier alpha value is -1.55. The number of ether oxygens (including phenoxy) is 2. The highest BCUT2D eigenvalue weighted by atomic mass is 16.5. The van der Waals surface area contributed by atoms with E-state index < -0.39 is 0 Å². The minimum atomic E-state index is -0.154. The molecule has 19 heavy (non-hydrogen) atoms. The van der Waals surface area contributed by atoms with Gasteiger partial charge >= 0.3 is 5.97 Å². The van der Waals surface area contributed by atoms with Gasteiger partial charge in [0.25, 0.3) is 0 Å². The first kappa shape index (κ1) is 15.5. The molecule has 1 rings (SSSR count). The normalized spacial score (nSPS) is 10.3. The van der Waals surface area contributed by atoms with Gasteiger partial charge in [-0.2, -0.15) is 0 Å². The van der Waals surface area contributed by atoms with Crippen LogP contribution in [0.4, 0.5) is 0 Å². The molecule has 0 atom stereocenters. The van der Waals surface area contributed by atoms with Crippen molar-refractivity contribution in [3.8, 4) is 5.75 Å². The third kappa shape index (κ3) is 4.56. The van der Waals surface area contributed by atoms with E-state index in [9.17, 15) is 4.79 Å². The van der Waals surface area contributed by atoms with E-state index in [2.05, 4.69) is 30.0 Å². The van der Waals surface area contributed by atoms with Crippen LogP contribution in [0.1, 0.15) is 29.5 Å². The van der Waals surface area contributed by atoms with Gasteiger partial charge < -0.3 is 14.8 Å². The summed E-state index contributed by atoms with van der Waals surface area (Å²) in [7, 11) is 3.10. The molecule has 0 saturated heterocycles. The number of nitrogens with one attached hydrogen (secondary N) is 1. The summed E-state index contributed by atoms with van der Waals surface area (Å²) in [5.41, 5.74) is 3.69. The Kier molecular flexibility index (Phi) is 6.36. The molecule has 0 aliphatic carbocycles. The molecule has 4 heteroatoms. The van der Waals surface area contributed by atoms with Crippen LogP contribution in [0.25, 0.3) is 0 Å². The summed E-state index contributed by atoms with van der Waals surface area (Å²) < 4.78 is 9.89. The van der Waals surface area contributed by atoms with Crippen molar-refractivity contribution < 1.29 is 14.3 Å². The first-order chi connectivity index (χ1) is 9.10. The smallest absolute Gasteiger partial charge is 0.305 e. The molecule has 0 fully saturated rings. The zero-order valence-corrected chi connectivity index (χ0v) is 12.2. The van der Waals surface area contributed by atoms with Gasteiger partial charge in [0, 0.05) is 13.0 Å². The molecule has 0 spiro atoms. The minimum absolute atomic E-state index is 0.154. The van der Waals surface area contributed by atoms with Gasteiger partial charge in [-0.25, -0.2) is 0 Å². The van der Waals surface area contributed by atoms with E-state index in [1.807, 2.05) is 6.07 Å². The Morgan fingerprint density at radius 1 is 1.21 bits per heavy atom. The highest BCUT2D eigenvalue weighted by Gasteiger charge is 2.06. The van der Waals surface area contributed by atoms with Crippen molar-refractivity contribution in [1.82, 2.24) is 5.32 Å². The molecule has 1 N–H and O–H groups in total. The average Bonchev–Trinajstić information content (AvgIpc) is 2.42. The van der Waals surface area contributed by atoms with Gasteiger partial charge in [-0.3, -0.25) is 4.79 Å². The van der Waals surface area contributed by atoms with Crippen molar-refractivity contribution in [2.45, 2.75) is 33.2 Å². The predicted octanol–water partition coefficient (Wildman–Crippen LogP) is 2.35. The first-order valence-electron chi connectivity index (χ1n) is 6.50. The lowest BCUT2D eigenvalue weighted by Gasteiger charge is -2.13. The van der Waals surface area contributed by atoms with E-state index in [4.69, 9.17) is 4.74 Å². The van der Waals surface area contributed by atoms with Crippen molar-refractivity contribution in [2.24, 2.45) is 0 Å². The predicted molar refractivity (Wildman–Crippen MR) is 75.4 cm³/mol. The Balaban J connectivity index is 2.42. The summed E-state index contributed by atoms with van der Waals surface area (Å²) in [5.74, 6) is 0.769. The van der Waals surface area contributed by atoms with Crippen molar-refractivity contribution in [2.75, 3.05) is 20.8 Å². The Morgan fingerprint density at radius 3 is 2.58 bits per heavy atom. The lowest BCUT2D eigenvalue weighted by atomic mass is 10.0. The number of carbonyl (C=O) groups excluding carboxylic acids is 1. The van der Waals surface area contributed by atoms with Gasteiger partial charge in [-0.05, 0) is 49.6 Å². The SMILES string of the molecule is COC(=O)CCCNCc1ccc(OC)c(C)c1C. The molecule has 0 heterocycles. The molecular weight excluding hydrogens is 242 g/mol. The number of rotatable bonds is 7. The second kappa shape index (κ2) is 7.79. The fraction of sp³-hybridized carbons (Fsp3) is 0.533. The fourth-order valence-corrected chi connectivity index (χ4v) is 1.95. The van der Waals surface area contributed by atoms with Crippen molar-refractivity contribution >= 4 is 5.97 Å². The van der Waals surface area contributed by atoms with E-state index in [1.165, 1.54) is 23.8 Å². The summed E-state index contributed by atoms with van der Waals surface area (Å²) >= 11 is 0. The van der Waals surface area contributed by atoms with Crippen LogP contribution < -0.4 is 10.1 Å². The molecule has 0 radical (unpaired) electrons. The number of carbonyl (C=O) groups is 1. The number of hydrogen-bond acceptors (Lipinski definition) is 4. The standard InChI is InChI=1S/C15H23NO3/c1-11-12(2)14(18-3)8-7-13(11)10-16-9-5-6-15(17)19-4/h7-8,16H,5-6,9-10H2,1-4H3. The largest absolute Gasteiger partial charge is 0.496 e. The summed E-state index contributed by atoms with van der Waals surface area (Å²) in [6.07, 6.45) is 1.25. The number of benzene rings is 1. The maximum atomic E-state index is 11.0. The number of methoxy groups -OCH3 is 2. The van der Waals surface area contributed by atoms with Crippen LogP contribution in [-0.4, -0.2) is 26.7 Å². The van der Waals surface area contributed by atoms with Gasteiger partial charge in [-0.1, -0.05) is 6.07 Å². The zero-order chi connectivity index (χ0) is 14.3. The van der Waals surface area contributed by atoms with Gasteiger partial charge in [0.1, 0.15) is 5.75 Å². The molecule has 0 bridgehead atoms. The number of hydrogen-bond donors (Lipinski definition) is 1. The highest BCUT2D eigenvalue weighted by molar-refractivity contribution is 5.69. The van der Waals surface area contributed by atoms with Crippen LogP contribution in [0.2, 0.25) is 0 Å². The van der Waals surface area contributed by atoms with Crippen LogP contribution in [0.3, 0.4) is 0 Å². The van der Waals surface area contributed by atoms with Gasteiger partial charge in [-0.15, -0.1) is 0 Å². The molecule has 0 unspecified atom stereocenters. The third-order valence-corrected chi connectivity index (χ3v) is 3.35. The quantitative estimate of drug-likeness (QED) is 0.607. The van der Waals surface area contributed by atoms with Crippen LogP contribution in [0.5, 0.6) is 5.75 Å². The molecule has 106 valence electrons. The zero-order valence-electron chi connectivity index (χ0n) is 12.2. The minimum Gasteiger partial charge on any atom is -0.496 e. The topological polar surface area (TPSA) is 47.6 Å². The molecule has 0 amide bonds. The van der Waals surface area contributed by atoms with Crippen molar-refractivity contribution in [1.29, 1.82) is 0 Å². The van der Waals surface area contributed by atoms with E-state index in [-0.39, 0.29) is 5.97 Å². The average molecular weight is 265 g/mol. The first-order valence-corrected chi connectivity index (χ1v) is 6.50. The summed E-state index contributed by atoms with van der Waals surface area (Å²) in [5, 5.41) is 3.34. The number of esters is 1. The van der Waals surface area contributed by atoms with Crippen molar-refractivity contribution in [3.05, 3.63) is 28.8 Å². The van der Waals surface area contributed by atoms with Gasteiger partial charge in [0.15, 0.2) is 0 Å². The van der Waals surface area contributed by atoms with Crippen LogP contribution >= 0.6 is 0 Å². The molecule has 0 aromatic heterocycles. The maximum absolute atomic E-state index is 11.0. The van der Waals surface area contributed by atoms with Crippen LogP contribution in [0.15, 0.2) is 12.1 Å². The molecular formula is C15H23NO3. The second-order valence-corrected chi connectivity index (χ2v) is 4.53. The van der Waals surface area contributed by atoms with E-state index >= 15 is 0 Å². The van der Waals surface area contributed by atoms with Gasteiger partial charge in [0.2, 0.25) is 0 Å². The summed E-state index contributed by atoms with van der Waals surface area (Å²) in [6.45, 7) is 5.77. The molecule has 0 aliphatic rings. The molecule has 1 aromatic rings. The van der Waals surface area contributed by atoms with E-state index in [0.717, 1.165) is 25.3 Å². The van der Waals surface area contributed by atoms with Crippen molar-refractivity contribution in [3.63, 3.8) is 0 Å². The van der Waals surface area contributed by atoms with Crippen LogP contribution in [-0.2, 0) is 16.1 Å². The van der Waals surface area contributed by atoms with E-state index in [1.54, 1.807) is 7.11 Å².